The predicted octanol–water partition coefficient (Wildman–Crippen LogP) is 1.89. The van der Waals surface area contributed by atoms with Crippen LogP contribution in [0.2, 0.25) is 0 Å². The molecule has 170 valence electrons. The zero-order valence-electron chi connectivity index (χ0n) is 17.3. The van der Waals surface area contributed by atoms with Crippen molar-refractivity contribution in [2.45, 2.75) is 24.8 Å². The lowest BCUT2D eigenvalue weighted by Crippen LogP contribution is -2.45. The summed E-state index contributed by atoms with van der Waals surface area (Å²) >= 11 is 0. The molecule has 2 aromatic carbocycles. The Morgan fingerprint density at radius 2 is 1.94 bits per heavy atom. The average molecular weight is 464 g/mol. The van der Waals surface area contributed by atoms with Crippen LogP contribution in [0.5, 0.6) is 5.75 Å². The van der Waals surface area contributed by atoms with Crippen molar-refractivity contribution in [1.82, 2.24) is 4.72 Å². The van der Waals surface area contributed by atoms with E-state index in [4.69, 9.17) is 9.47 Å². The van der Waals surface area contributed by atoms with Gasteiger partial charge < -0.3 is 14.8 Å². The fraction of sp³-hybridized carbons (Fsp3) is 0.286. The van der Waals surface area contributed by atoms with Gasteiger partial charge in [-0.05, 0) is 36.2 Å². The molecule has 32 heavy (non-hydrogen) atoms. The van der Waals surface area contributed by atoms with Crippen molar-refractivity contribution >= 4 is 33.4 Å². The summed E-state index contributed by atoms with van der Waals surface area (Å²) in [6.07, 6.45) is 0. The molecule has 1 heterocycles. The van der Waals surface area contributed by atoms with Crippen LogP contribution in [0.4, 0.5) is 10.1 Å². The summed E-state index contributed by atoms with van der Waals surface area (Å²) < 4.78 is 51.3. The topological polar surface area (TPSA) is 128 Å². The number of hydrogen-bond donors (Lipinski definition) is 2. The highest BCUT2D eigenvalue weighted by molar-refractivity contribution is 7.89. The molecule has 0 saturated heterocycles. The Morgan fingerprint density at radius 1 is 1.22 bits per heavy atom. The normalized spacial score (nSPS) is 14.2. The molecule has 0 spiro atoms. The first-order valence-corrected chi connectivity index (χ1v) is 11.1. The number of Topliss-reactive ketones (excluding diaryl/α,β-unsaturated/α-hetero) is 1. The van der Waals surface area contributed by atoms with Crippen LogP contribution < -0.4 is 14.8 Å². The summed E-state index contributed by atoms with van der Waals surface area (Å²) in [5.41, 5.74) is 0.478. The minimum absolute atomic E-state index is 0.128. The molecule has 1 aliphatic heterocycles. The molecule has 0 bridgehead atoms. The maximum absolute atomic E-state index is 13.9. The predicted molar refractivity (Wildman–Crippen MR) is 111 cm³/mol. The van der Waals surface area contributed by atoms with E-state index in [1.165, 1.54) is 30.3 Å². The summed E-state index contributed by atoms with van der Waals surface area (Å²) in [7, 11) is -4.35. The molecule has 2 aromatic rings. The van der Waals surface area contributed by atoms with Crippen LogP contribution in [-0.4, -0.2) is 45.3 Å². The molecule has 1 atom stereocenters. The lowest BCUT2D eigenvalue weighted by Gasteiger charge is -2.21. The summed E-state index contributed by atoms with van der Waals surface area (Å²) in [6, 6.07) is 7.76. The van der Waals surface area contributed by atoms with Gasteiger partial charge in [-0.25, -0.2) is 12.8 Å². The van der Waals surface area contributed by atoms with Crippen LogP contribution in [0, 0.1) is 11.7 Å². The van der Waals surface area contributed by atoms with Crippen LogP contribution in [0.1, 0.15) is 24.2 Å². The molecule has 0 saturated carbocycles. The second-order valence-electron chi connectivity index (χ2n) is 7.35. The highest BCUT2D eigenvalue weighted by Gasteiger charge is 2.31. The third-order valence-electron chi connectivity index (χ3n) is 4.61. The van der Waals surface area contributed by atoms with Gasteiger partial charge in [-0.1, -0.05) is 26.0 Å². The average Bonchev–Trinajstić information content (AvgIpc) is 2.75. The van der Waals surface area contributed by atoms with Gasteiger partial charge in [0.1, 0.15) is 22.5 Å². The summed E-state index contributed by atoms with van der Waals surface area (Å²) in [5, 5.41) is 2.57. The Hall–Kier alpha value is -3.31. The van der Waals surface area contributed by atoms with Crippen LogP contribution >= 0.6 is 0 Å². The molecule has 11 heteroatoms. The molecular weight excluding hydrogens is 443 g/mol. The van der Waals surface area contributed by atoms with Crippen molar-refractivity contribution in [3.05, 3.63) is 53.8 Å². The van der Waals surface area contributed by atoms with Crippen molar-refractivity contribution in [2.24, 2.45) is 5.92 Å². The summed E-state index contributed by atoms with van der Waals surface area (Å²) in [4.78, 5) is 35.8. The van der Waals surface area contributed by atoms with Gasteiger partial charge in [-0.2, -0.15) is 4.72 Å². The molecule has 9 nitrogen and oxygen atoms in total. The Kier molecular flexibility index (Phi) is 6.90. The maximum Gasteiger partial charge on any atom is 0.324 e. The first-order chi connectivity index (χ1) is 15.1. The van der Waals surface area contributed by atoms with Gasteiger partial charge in [-0.3, -0.25) is 14.4 Å². The number of rotatable bonds is 8. The standard InChI is InChI=1S/C21H21FN2O7S/c1-12(2)20(24-32(28,29)18-6-4-3-5-14(18)22)21(27)31-10-16(25)13-7-8-17-15(9-13)23-19(26)11-30-17/h3-9,12,20,24H,10-11H2,1-2H3,(H,23,26)/t20-/m0/s1. The van der Waals surface area contributed by atoms with Gasteiger partial charge in [-0.15, -0.1) is 0 Å². The Bertz CT molecular complexity index is 1160. The molecule has 1 aliphatic rings. The fourth-order valence-electron chi connectivity index (χ4n) is 2.92. The van der Waals surface area contributed by atoms with E-state index in [9.17, 15) is 27.2 Å². The van der Waals surface area contributed by atoms with Crippen molar-refractivity contribution in [3.8, 4) is 5.75 Å². The Balaban J connectivity index is 1.68. The zero-order chi connectivity index (χ0) is 23.5. The lowest BCUT2D eigenvalue weighted by molar-refractivity contribution is -0.145. The second kappa shape index (κ2) is 9.45. The quantitative estimate of drug-likeness (QED) is 0.451. The first kappa shape index (κ1) is 23.4. The minimum atomic E-state index is -4.35. The van der Waals surface area contributed by atoms with E-state index in [1.807, 2.05) is 0 Å². The first-order valence-electron chi connectivity index (χ1n) is 9.62. The summed E-state index contributed by atoms with van der Waals surface area (Å²) in [6.45, 7) is 2.36. The summed E-state index contributed by atoms with van der Waals surface area (Å²) in [5.74, 6) is -3.02. The smallest absolute Gasteiger partial charge is 0.324 e. The molecular formula is C21H21FN2O7S. The highest BCUT2D eigenvalue weighted by atomic mass is 32.2. The van der Waals surface area contributed by atoms with E-state index in [0.717, 1.165) is 12.1 Å². The van der Waals surface area contributed by atoms with Crippen molar-refractivity contribution < 1.29 is 36.7 Å². The number of ketones is 1. The van der Waals surface area contributed by atoms with Gasteiger partial charge in [0.05, 0.1) is 5.69 Å². The molecule has 0 fully saturated rings. The molecule has 3 rings (SSSR count). The monoisotopic (exact) mass is 464 g/mol. The molecule has 0 unspecified atom stereocenters. The Morgan fingerprint density at radius 3 is 2.62 bits per heavy atom. The fourth-order valence-corrected chi connectivity index (χ4v) is 4.33. The maximum atomic E-state index is 13.9. The molecule has 1 amide bonds. The number of carbonyl (C=O) groups excluding carboxylic acids is 3. The van der Waals surface area contributed by atoms with E-state index < -0.39 is 51.1 Å². The zero-order valence-corrected chi connectivity index (χ0v) is 18.1. The highest BCUT2D eigenvalue weighted by Crippen LogP contribution is 2.28. The van der Waals surface area contributed by atoms with Crippen LogP contribution in [0.25, 0.3) is 0 Å². The van der Waals surface area contributed by atoms with Gasteiger partial charge in [0.25, 0.3) is 5.91 Å². The number of fused-ring (bicyclic) bond motifs is 1. The largest absolute Gasteiger partial charge is 0.482 e. The minimum Gasteiger partial charge on any atom is -0.482 e. The number of carbonyl (C=O) groups is 3. The van der Waals surface area contributed by atoms with Gasteiger partial charge in [0.15, 0.2) is 19.0 Å². The Labute approximate surface area is 184 Å². The third-order valence-corrected chi connectivity index (χ3v) is 6.08. The SMILES string of the molecule is CC(C)[C@H](NS(=O)(=O)c1ccccc1F)C(=O)OCC(=O)c1ccc2c(c1)NC(=O)CO2. The molecule has 0 aromatic heterocycles. The van der Waals surface area contributed by atoms with E-state index in [-0.39, 0.29) is 18.1 Å². The van der Waals surface area contributed by atoms with E-state index in [2.05, 4.69) is 10.0 Å². The van der Waals surface area contributed by atoms with Gasteiger partial charge in [0.2, 0.25) is 10.0 Å². The van der Waals surface area contributed by atoms with Gasteiger partial charge in [0, 0.05) is 5.56 Å². The van der Waals surface area contributed by atoms with Crippen molar-refractivity contribution in [1.29, 1.82) is 0 Å². The number of amides is 1. The third kappa shape index (κ3) is 5.29. The number of sulfonamides is 1. The lowest BCUT2D eigenvalue weighted by atomic mass is 10.1. The molecule has 0 aliphatic carbocycles. The molecule has 0 radical (unpaired) electrons. The van der Waals surface area contributed by atoms with E-state index in [0.29, 0.717) is 11.4 Å². The number of esters is 1. The van der Waals surface area contributed by atoms with E-state index in [1.54, 1.807) is 13.8 Å². The number of hydrogen-bond acceptors (Lipinski definition) is 7. The molecule has 2 N–H and O–H groups in total. The van der Waals surface area contributed by atoms with Crippen molar-refractivity contribution in [2.75, 3.05) is 18.5 Å². The van der Waals surface area contributed by atoms with Crippen LogP contribution in [0.15, 0.2) is 47.4 Å². The number of nitrogens with one attached hydrogen (secondary N) is 2. The van der Waals surface area contributed by atoms with Gasteiger partial charge >= 0.3 is 5.97 Å². The van der Waals surface area contributed by atoms with Crippen LogP contribution in [-0.2, 0) is 24.3 Å². The number of ether oxygens (including phenoxy) is 2. The van der Waals surface area contributed by atoms with E-state index >= 15 is 0 Å². The van der Waals surface area contributed by atoms with Crippen LogP contribution in [0.3, 0.4) is 0 Å². The number of anilines is 1. The number of halogens is 1. The second-order valence-corrected chi connectivity index (χ2v) is 9.03. The number of benzene rings is 2. The van der Waals surface area contributed by atoms with Crippen molar-refractivity contribution in [3.63, 3.8) is 0 Å².